The van der Waals surface area contributed by atoms with Crippen molar-refractivity contribution >= 4 is 45.5 Å². The summed E-state index contributed by atoms with van der Waals surface area (Å²) in [6.07, 6.45) is 3.13. The van der Waals surface area contributed by atoms with Crippen molar-refractivity contribution in [1.29, 1.82) is 0 Å². The number of anilines is 2. The molecule has 3 aromatic carbocycles. The molecule has 0 radical (unpaired) electrons. The molecule has 0 bridgehead atoms. The van der Waals surface area contributed by atoms with Gasteiger partial charge >= 0.3 is 0 Å². The highest BCUT2D eigenvalue weighted by molar-refractivity contribution is 7.81. The van der Waals surface area contributed by atoms with E-state index in [4.69, 9.17) is 0 Å². The van der Waals surface area contributed by atoms with Crippen molar-refractivity contribution in [2.24, 2.45) is 0 Å². The average molecular weight is 532 g/mol. The fraction of sp³-hybridized carbons (Fsp3) is 0.233. The van der Waals surface area contributed by atoms with Gasteiger partial charge in [-0.05, 0) is 59.9 Å². The molecule has 1 amide bonds. The summed E-state index contributed by atoms with van der Waals surface area (Å²) in [5.74, 6) is -0.314. The molecule has 38 heavy (non-hydrogen) atoms. The summed E-state index contributed by atoms with van der Waals surface area (Å²) >= 11 is -2.30. The van der Waals surface area contributed by atoms with Crippen molar-refractivity contribution in [2.75, 3.05) is 10.9 Å². The van der Waals surface area contributed by atoms with Crippen LogP contribution in [-0.2, 0) is 21.5 Å². The van der Waals surface area contributed by atoms with Crippen molar-refractivity contribution in [3.63, 3.8) is 0 Å². The first kappa shape index (κ1) is 27.3. The SMILES string of the molecule is CC(CO)NC(=O)/C=C/c1[nH]c2ccc(N(c3ccc(C(C)(C)C)cc3)S(=O)O)cc2c1-c1ccccc1. The molecule has 198 valence electrons. The smallest absolute Gasteiger partial charge is 0.266 e. The third-order valence-electron chi connectivity index (χ3n) is 6.30. The standard InChI is InChI=1S/C30H33N3O4S/c1-20(19-34)31-28(35)17-16-27-29(21-8-6-5-7-9-21)25-18-24(14-15-26(25)32-27)33(38(36)37)23-12-10-22(11-13-23)30(2,3)4/h5-18,20,32,34H,19H2,1-4H3,(H,31,35)(H,36,37)/b17-16+. The van der Waals surface area contributed by atoms with E-state index in [1.54, 1.807) is 19.1 Å². The molecule has 4 rings (SSSR count). The molecule has 2 atom stereocenters. The summed E-state index contributed by atoms with van der Waals surface area (Å²) in [5, 5.41) is 12.8. The molecule has 0 fully saturated rings. The van der Waals surface area contributed by atoms with Crippen LogP contribution in [0.2, 0.25) is 0 Å². The molecule has 7 nitrogen and oxygen atoms in total. The lowest BCUT2D eigenvalue weighted by Crippen LogP contribution is -2.33. The number of aliphatic hydroxyl groups is 1. The van der Waals surface area contributed by atoms with Crippen molar-refractivity contribution in [1.82, 2.24) is 10.3 Å². The molecule has 1 heterocycles. The second-order valence-corrected chi connectivity index (χ2v) is 11.1. The van der Waals surface area contributed by atoms with Gasteiger partial charge in [-0.1, -0.05) is 63.2 Å². The van der Waals surface area contributed by atoms with Gasteiger partial charge in [0, 0.05) is 34.3 Å². The van der Waals surface area contributed by atoms with Gasteiger partial charge in [0.15, 0.2) is 0 Å². The Bertz CT molecular complexity index is 1470. The lowest BCUT2D eigenvalue weighted by atomic mass is 9.87. The number of benzene rings is 3. The lowest BCUT2D eigenvalue weighted by molar-refractivity contribution is -0.117. The zero-order valence-electron chi connectivity index (χ0n) is 21.9. The van der Waals surface area contributed by atoms with Gasteiger partial charge in [0.2, 0.25) is 5.91 Å². The number of rotatable bonds is 8. The Morgan fingerprint density at radius 1 is 1.05 bits per heavy atom. The largest absolute Gasteiger partial charge is 0.394 e. The number of hydrogen-bond acceptors (Lipinski definition) is 3. The second kappa shape index (κ2) is 11.3. The third-order valence-corrected chi connectivity index (χ3v) is 7.03. The number of aromatic amines is 1. The normalized spacial score (nSPS) is 13.5. The Kier molecular flexibility index (Phi) is 8.16. The van der Waals surface area contributed by atoms with Crippen LogP contribution in [0.3, 0.4) is 0 Å². The van der Waals surface area contributed by atoms with Crippen LogP contribution in [0.4, 0.5) is 11.4 Å². The van der Waals surface area contributed by atoms with Crippen molar-refractivity contribution < 1.29 is 18.7 Å². The maximum Gasteiger partial charge on any atom is 0.266 e. The summed E-state index contributed by atoms with van der Waals surface area (Å²) in [7, 11) is 0. The second-order valence-electron chi connectivity index (χ2n) is 10.3. The summed E-state index contributed by atoms with van der Waals surface area (Å²) < 4.78 is 24.2. The molecular formula is C30H33N3O4S. The first-order valence-electron chi connectivity index (χ1n) is 12.4. The van der Waals surface area contributed by atoms with Crippen LogP contribution in [0.1, 0.15) is 39.0 Å². The number of H-pyrrole nitrogens is 1. The highest BCUT2D eigenvalue weighted by Crippen LogP contribution is 2.37. The van der Waals surface area contributed by atoms with E-state index >= 15 is 0 Å². The molecule has 8 heteroatoms. The van der Waals surface area contributed by atoms with Gasteiger partial charge in [-0.3, -0.25) is 9.35 Å². The fourth-order valence-corrected chi connectivity index (χ4v) is 4.89. The van der Waals surface area contributed by atoms with E-state index in [-0.39, 0.29) is 24.0 Å². The minimum absolute atomic E-state index is 0.0344. The average Bonchev–Trinajstić information content (AvgIpc) is 3.25. The number of fused-ring (bicyclic) bond motifs is 1. The highest BCUT2D eigenvalue weighted by atomic mass is 32.2. The van der Waals surface area contributed by atoms with E-state index < -0.39 is 11.3 Å². The molecule has 0 saturated heterocycles. The van der Waals surface area contributed by atoms with Crippen molar-refractivity contribution in [3.05, 3.63) is 90.1 Å². The molecule has 1 aromatic heterocycles. The van der Waals surface area contributed by atoms with E-state index in [9.17, 15) is 18.7 Å². The zero-order valence-corrected chi connectivity index (χ0v) is 22.8. The van der Waals surface area contributed by atoms with Gasteiger partial charge < -0.3 is 15.4 Å². The van der Waals surface area contributed by atoms with Crippen LogP contribution >= 0.6 is 0 Å². The Balaban J connectivity index is 1.81. The number of hydrogen-bond donors (Lipinski definition) is 4. The van der Waals surface area contributed by atoms with Crippen molar-refractivity contribution in [2.45, 2.75) is 39.2 Å². The highest BCUT2D eigenvalue weighted by Gasteiger charge is 2.20. The summed E-state index contributed by atoms with van der Waals surface area (Å²) in [4.78, 5) is 15.7. The van der Waals surface area contributed by atoms with Crippen LogP contribution in [0.25, 0.3) is 28.1 Å². The number of amides is 1. The number of carbonyl (C=O) groups is 1. The topological polar surface area (TPSA) is 106 Å². The van der Waals surface area contributed by atoms with E-state index in [0.717, 1.165) is 33.3 Å². The lowest BCUT2D eigenvalue weighted by Gasteiger charge is -2.23. The van der Waals surface area contributed by atoms with Gasteiger partial charge in [0.25, 0.3) is 11.3 Å². The molecule has 4 N–H and O–H groups in total. The number of aromatic nitrogens is 1. The van der Waals surface area contributed by atoms with E-state index in [0.29, 0.717) is 11.4 Å². The Morgan fingerprint density at radius 3 is 2.32 bits per heavy atom. The molecule has 4 aromatic rings. The maximum absolute atomic E-state index is 12.5. The summed E-state index contributed by atoms with van der Waals surface area (Å²) in [5.41, 5.74) is 5.61. The fourth-order valence-electron chi connectivity index (χ4n) is 4.29. The Labute approximate surface area is 225 Å². The monoisotopic (exact) mass is 531 g/mol. The molecular weight excluding hydrogens is 498 g/mol. The predicted octanol–water partition coefficient (Wildman–Crippen LogP) is 5.92. The van der Waals surface area contributed by atoms with Gasteiger partial charge in [0.05, 0.1) is 18.0 Å². The maximum atomic E-state index is 12.5. The zero-order chi connectivity index (χ0) is 27.4. The quantitative estimate of drug-likeness (QED) is 0.167. The van der Waals surface area contributed by atoms with Gasteiger partial charge in [0.1, 0.15) is 0 Å². The molecule has 0 spiro atoms. The number of aliphatic hydroxyl groups excluding tert-OH is 1. The van der Waals surface area contributed by atoms with Crippen molar-refractivity contribution in [3.8, 4) is 11.1 Å². The van der Waals surface area contributed by atoms with Gasteiger partial charge in [-0.15, -0.1) is 0 Å². The number of carbonyl (C=O) groups excluding carboxylic acids is 1. The molecule has 0 aliphatic carbocycles. The molecule has 0 saturated carbocycles. The van der Waals surface area contributed by atoms with E-state index in [2.05, 4.69) is 31.1 Å². The Hall–Kier alpha value is -3.72. The summed E-state index contributed by atoms with van der Waals surface area (Å²) in [6.45, 7) is 7.94. The first-order valence-corrected chi connectivity index (χ1v) is 13.5. The van der Waals surface area contributed by atoms with Crippen LogP contribution in [-0.4, -0.2) is 37.4 Å². The van der Waals surface area contributed by atoms with Gasteiger partial charge in [-0.2, -0.15) is 0 Å². The van der Waals surface area contributed by atoms with Crippen LogP contribution in [0, 0.1) is 0 Å². The van der Waals surface area contributed by atoms with Gasteiger partial charge in [-0.25, -0.2) is 8.51 Å². The van der Waals surface area contributed by atoms with Crippen LogP contribution in [0.5, 0.6) is 0 Å². The predicted molar refractivity (Wildman–Crippen MR) is 156 cm³/mol. The molecule has 2 unspecified atom stereocenters. The minimum Gasteiger partial charge on any atom is -0.394 e. The van der Waals surface area contributed by atoms with Crippen LogP contribution < -0.4 is 9.62 Å². The molecule has 0 aliphatic heterocycles. The number of nitrogens with zero attached hydrogens (tertiary/aromatic N) is 1. The summed E-state index contributed by atoms with van der Waals surface area (Å²) in [6, 6.07) is 22.6. The number of nitrogens with one attached hydrogen (secondary N) is 2. The van der Waals surface area contributed by atoms with E-state index in [1.165, 1.54) is 10.4 Å². The third kappa shape index (κ3) is 6.05. The van der Waals surface area contributed by atoms with Crippen LogP contribution in [0.15, 0.2) is 78.9 Å². The minimum atomic E-state index is -2.30. The van der Waals surface area contributed by atoms with E-state index in [1.807, 2.05) is 66.7 Å². The molecule has 0 aliphatic rings. The Morgan fingerprint density at radius 2 is 1.71 bits per heavy atom. The first-order chi connectivity index (χ1) is 18.1.